The Morgan fingerprint density at radius 3 is 2.50 bits per heavy atom. The lowest BCUT2D eigenvalue weighted by Gasteiger charge is -2.08. The number of aromatic nitrogens is 3. The predicted octanol–water partition coefficient (Wildman–Crippen LogP) is 3.06. The van der Waals surface area contributed by atoms with Crippen LogP contribution in [0.25, 0.3) is 0 Å². The van der Waals surface area contributed by atoms with Gasteiger partial charge in [0.05, 0.1) is 18.8 Å². The number of aliphatic hydroxyl groups is 1. The Hall–Kier alpha value is -2.17. The molecule has 0 saturated heterocycles. The van der Waals surface area contributed by atoms with E-state index in [0.717, 1.165) is 16.8 Å². The van der Waals surface area contributed by atoms with E-state index in [1.807, 2.05) is 47.1 Å². The summed E-state index contributed by atoms with van der Waals surface area (Å²) >= 11 is 6.03. The lowest BCUT2D eigenvalue weighted by Crippen LogP contribution is -2.08. The third-order valence-corrected chi connectivity index (χ3v) is 3.74. The Labute approximate surface area is 134 Å². The number of hydrogen-bond acceptors (Lipinski definition) is 3. The van der Waals surface area contributed by atoms with Crippen molar-refractivity contribution in [2.45, 2.75) is 19.6 Å². The van der Waals surface area contributed by atoms with Crippen molar-refractivity contribution in [2.75, 3.05) is 0 Å². The third kappa shape index (κ3) is 3.35. The first-order chi connectivity index (χ1) is 10.8. The molecule has 0 aliphatic rings. The number of benzene rings is 2. The summed E-state index contributed by atoms with van der Waals surface area (Å²) in [7, 11) is 0. The molecule has 112 valence electrons. The molecule has 0 amide bonds. The van der Waals surface area contributed by atoms with Gasteiger partial charge in [0, 0.05) is 11.4 Å². The van der Waals surface area contributed by atoms with Crippen molar-refractivity contribution in [2.24, 2.45) is 0 Å². The Balaban J connectivity index is 1.90. The second kappa shape index (κ2) is 6.73. The molecule has 0 unspecified atom stereocenters. The Bertz CT molecular complexity index is 756. The molecule has 3 rings (SSSR count). The van der Waals surface area contributed by atoms with Crippen molar-refractivity contribution in [3.05, 3.63) is 82.1 Å². The van der Waals surface area contributed by atoms with Gasteiger partial charge in [0.1, 0.15) is 5.69 Å². The van der Waals surface area contributed by atoms with Crippen LogP contribution in [-0.2, 0) is 19.6 Å². The van der Waals surface area contributed by atoms with Crippen LogP contribution in [0, 0.1) is 0 Å². The third-order valence-electron chi connectivity index (χ3n) is 3.50. The van der Waals surface area contributed by atoms with Crippen LogP contribution in [0.5, 0.6) is 0 Å². The largest absolute Gasteiger partial charge is 0.390 e. The number of halogens is 1. The quantitative estimate of drug-likeness (QED) is 0.787. The molecule has 5 heteroatoms. The molecule has 0 bridgehead atoms. The number of nitrogens with zero attached hydrogens (tertiary/aromatic N) is 3. The van der Waals surface area contributed by atoms with Crippen molar-refractivity contribution in [3.8, 4) is 0 Å². The van der Waals surface area contributed by atoms with Crippen LogP contribution in [0.4, 0.5) is 0 Å². The van der Waals surface area contributed by atoms with Crippen molar-refractivity contribution >= 4 is 11.6 Å². The van der Waals surface area contributed by atoms with Gasteiger partial charge < -0.3 is 5.11 Å². The summed E-state index contributed by atoms with van der Waals surface area (Å²) in [5.41, 5.74) is 3.75. The topological polar surface area (TPSA) is 50.9 Å². The van der Waals surface area contributed by atoms with E-state index in [-0.39, 0.29) is 6.61 Å². The van der Waals surface area contributed by atoms with Crippen molar-refractivity contribution in [1.29, 1.82) is 0 Å². The normalized spacial score (nSPS) is 10.8. The minimum Gasteiger partial charge on any atom is -0.390 e. The first-order valence-corrected chi connectivity index (χ1v) is 7.44. The van der Waals surface area contributed by atoms with Crippen LogP contribution in [0.15, 0.2) is 54.6 Å². The van der Waals surface area contributed by atoms with Gasteiger partial charge in [0.25, 0.3) is 0 Å². The highest BCUT2D eigenvalue weighted by atomic mass is 35.5. The molecule has 0 radical (unpaired) electrons. The zero-order valence-electron chi connectivity index (χ0n) is 12.0. The van der Waals surface area contributed by atoms with E-state index in [4.69, 9.17) is 11.6 Å². The second-order valence-electron chi connectivity index (χ2n) is 5.09. The summed E-state index contributed by atoms with van der Waals surface area (Å²) in [6.07, 6.45) is 0.685. The summed E-state index contributed by atoms with van der Waals surface area (Å²) in [5, 5.41) is 18.4. The van der Waals surface area contributed by atoms with Crippen molar-refractivity contribution in [3.63, 3.8) is 0 Å². The minimum atomic E-state index is -0.113. The molecule has 4 nitrogen and oxygen atoms in total. The fraction of sp³-hybridized carbons (Fsp3) is 0.176. The van der Waals surface area contributed by atoms with Crippen LogP contribution in [0.1, 0.15) is 22.5 Å². The molecule has 0 atom stereocenters. The van der Waals surface area contributed by atoms with Gasteiger partial charge in [0.2, 0.25) is 0 Å². The smallest absolute Gasteiger partial charge is 0.112 e. The monoisotopic (exact) mass is 313 g/mol. The number of rotatable bonds is 5. The van der Waals surface area contributed by atoms with E-state index >= 15 is 0 Å². The van der Waals surface area contributed by atoms with Gasteiger partial charge in [-0.2, -0.15) is 0 Å². The van der Waals surface area contributed by atoms with Gasteiger partial charge in [-0.3, -0.25) is 0 Å². The Morgan fingerprint density at radius 2 is 1.77 bits per heavy atom. The maximum Gasteiger partial charge on any atom is 0.112 e. The van der Waals surface area contributed by atoms with Crippen LogP contribution in [0.3, 0.4) is 0 Å². The summed E-state index contributed by atoms with van der Waals surface area (Å²) in [5.74, 6) is 0. The molecule has 0 spiro atoms. The van der Waals surface area contributed by atoms with Crippen LogP contribution in [-0.4, -0.2) is 20.1 Å². The van der Waals surface area contributed by atoms with E-state index < -0.39 is 0 Å². The van der Waals surface area contributed by atoms with Gasteiger partial charge in [-0.05, 0) is 23.3 Å². The molecule has 1 aromatic heterocycles. The molecule has 0 saturated carbocycles. The van der Waals surface area contributed by atoms with Crippen LogP contribution in [0.2, 0.25) is 5.02 Å². The maximum absolute atomic E-state index is 9.48. The maximum atomic E-state index is 9.48. The highest BCUT2D eigenvalue weighted by Gasteiger charge is 2.13. The number of hydrogen-bond donors (Lipinski definition) is 1. The fourth-order valence-electron chi connectivity index (χ4n) is 2.41. The lowest BCUT2D eigenvalue weighted by atomic mass is 10.1. The van der Waals surface area contributed by atoms with Crippen molar-refractivity contribution < 1.29 is 5.11 Å². The predicted molar refractivity (Wildman–Crippen MR) is 85.7 cm³/mol. The molecule has 3 aromatic rings. The molecule has 0 aliphatic heterocycles. The zero-order chi connectivity index (χ0) is 15.4. The van der Waals surface area contributed by atoms with E-state index in [0.29, 0.717) is 23.7 Å². The Kier molecular flexibility index (Phi) is 4.51. The van der Waals surface area contributed by atoms with Gasteiger partial charge in [-0.25, -0.2) is 4.68 Å². The summed E-state index contributed by atoms with van der Waals surface area (Å²) in [4.78, 5) is 0. The van der Waals surface area contributed by atoms with Gasteiger partial charge >= 0.3 is 0 Å². The standard InChI is InChI=1S/C17H16ClN3O/c18-15-8-4-7-14(9-15)11-21-17(16(12-22)19-20-21)10-13-5-2-1-3-6-13/h1-9,22H,10-12H2. The Morgan fingerprint density at radius 1 is 1.00 bits per heavy atom. The average molecular weight is 314 g/mol. The second-order valence-corrected chi connectivity index (χ2v) is 5.53. The molecule has 1 heterocycles. The zero-order valence-corrected chi connectivity index (χ0v) is 12.7. The van der Waals surface area contributed by atoms with Gasteiger partial charge in [-0.15, -0.1) is 5.10 Å². The first kappa shape index (κ1) is 14.8. The SMILES string of the molecule is OCc1nnn(Cc2cccc(Cl)c2)c1Cc1ccccc1. The molecule has 2 aromatic carbocycles. The van der Waals surface area contributed by atoms with E-state index in [1.165, 1.54) is 0 Å². The summed E-state index contributed by atoms with van der Waals surface area (Å²) < 4.78 is 1.82. The average Bonchev–Trinajstić information content (AvgIpc) is 2.90. The summed E-state index contributed by atoms with van der Waals surface area (Å²) in [6, 6.07) is 17.8. The van der Waals surface area contributed by atoms with Gasteiger partial charge in [0.15, 0.2) is 0 Å². The molecule has 22 heavy (non-hydrogen) atoms. The molecular weight excluding hydrogens is 298 g/mol. The highest BCUT2D eigenvalue weighted by molar-refractivity contribution is 6.30. The molecule has 1 N–H and O–H groups in total. The number of aliphatic hydroxyl groups excluding tert-OH is 1. The van der Waals surface area contributed by atoms with E-state index in [2.05, 4.69) is 22.4 Å². The van der Waals surface area contributed by atoms with E-state index in [1.54, 1.807) is 0 Å². The molecule has 0 fully saturated rings. The van der Waals surface area contributed by atoms with Gasteiger partial charge in [-0.1, -0.05) is 59.3 Å². The summed E-state index contributed by atoms with van der Waals surface area (Å²) in [6.45, 7) is 0.466. The molecular formula is C17H16ClN3O. The van der Waals surface area contributed by atoms with Crippen LogP contribution >= 0.6 is 11.6 Å². The van der Waals surface area contributed by atoms with E-state index in [9.17, 15) is 5.11 Å². The minimum absolute atomic E-state index is 0.113. The first-order valence-electron chi connectivity index (χ1n) is 7.06. The fourth-order valence-corrected chi connectivity index (χ4v) is 2.62. The molecule has 0 aliphatic carbocycles. The van der Waals surface area contributed by atoms with Crippen molar-refractivity contribution in [1.82, 2.24) is 15.0 Å². The lowest BCUT2D eigenvalue weighted by molar-refractivity contribution is 0.275. The highest BCUT2D eigenvalue weighted by Crippen LogP contribution is 2.16. The van der Waals surface area contributed by atoms with Crippen LogP contribution < -0.4 is 0 Å².